The quantitative estimate of drug-likeness (QED) is 0.702. The first-order valence-electron chi connectivity index (χ1n) is 9.94. The van der Waals surface area contributed by atoms with Crippen LogP contribution in [0.1, 0.15) is 27.9 Å². The number of hydrogen-bond donors (Lipinski definition) is 0. The first-order chi connectivity index (χ1) is 13.7. The highest BCUT2D eigenvalue weighted by Gasteiger charge is 2.17. The maximum absolute atomic E-state index is 13.1. The summed E-state index contributed by atoms with van der Waals surface area (Å²) in [5.41, 5.74) is 3.00. The number of rotatable bonds is 8. The molecular formula is C23H30N2O3. The Labute approximate surface area is 167 Å². The van der Waals surface area contributed by atoms with E-state index in [9.17, 15) is 4.79 Å². The van der Waals surface area contributed by atoms with Crippen molar-refractivity contribution in [1.29, 1.82) is 0 Å². The van der Waals surface area contributed by atoms with E-state index in [-0.39, 0.29) is 5.91 Å². The normalized spacial score (nSPS) is 14.6. The zero-order valence-electron chi connectivity index (χ0n) is 16.9. The minimum atomic E-state index is 0.0813. The van der Waals surface area contributed by atoms with Gasteiger partial charge in [0.05, 0.1) is 20.3 Å². The van der Waals surface area contributed by atoms with Gasteiger partial charge < -0.3 is 14.4 Å². The van der Waals surface area contributed by atoms with E-state index in [4.69, 9.17) is 9.47 Å². The summed E-state index contributed by atoms with van der Waals surface area (Å²) in [7, 11) is 1.66. The van der Waals surface area contributed by atoms with Crippen molar-refractivity contribution in [1.82, 2.24) is 9.80 Å². The minimum Gasteiger partial charge on any atom is -0.497 e. The van der Waals surface area contributed by atoms with Crippen LogP contribution < -0.4 is 4.74 Å². The third-order valence-electron chi connectivity index (χ3n) is 5.12. The van der Waals surface area contributed by atoms with Crippen LogP contribution in [0.15, 0.2) is 48.5 Å². The molecule has 5 nitrogen and oxygen atoms in total. The Morgan fingerprint density at radius 1 is 1.07 bits per heavy atom. The van der Waals surface area contributed by atoms with Gasteiger partial charge in [0.25, 0.3) is 5.91 Å². The Kier molecular flexibility index (Phi) is 7.46. The van der Waals surface area contributed by atoms with Gasteiger partial charge in [-0.3, -0.25) is 9.69 Å². The Morgan fingerprint density at radius 3 is 2.39 bits per heavy atom. The zero-order valence-corrected chi connectivity index (χ0v) is 16.9. The van der Waals surface area contributed by atoms with Gasteiger partial charge in [0.1, 0.15) is 5.75 Å². The number of carbonyl (C=O) groups is 1. The average Bonchev–Trinajstić information content (AvgIpc) is 2.74. The Balaban J connectivity index is 1.66. The summed E-state index contributed by atoms with van der Waals surface area (Å²) in [4.78, 5) is 17.5. The summed E-state index contributed by atoms with van der Waals surface area (Å²) in [6, 6.07) is 15.8. The van der Waals surface area contributed by atoms with Gasteiger partial charge in [0.2, 0.25) is 0 Å². The van der Waals surface area contributed by atoms with Crippen LogP contribution in [0.3, 0.4) is 0 Å². The van der Waals surface area contributed by atoms with E-state index in [1.165, 1.54) is 0 Å². The van der Waals surface area contributed by atoms with E-state index < -0.39 is 0 Å². The summed E-state index contributed by atoms with van der Waals surface area (Å²) in [6.07, 6.45) is 0.952. The molecule has 1 fully saturated rings. The molecule has 1 saturated heterocycles. The molecule has 1 amide bonds. The van der Waals surface area contributed by atoms with Crippen LogP contribution >= 0.6 is 0 Å². The van der Waals surface area contributed by atoms with E-state index in [1.807, 2.05) is 60.4 Å². The number of benzene rings is 2. The van der Waals surface area contributed by atoms with E-state index >= 15 is 0 Å². The lowest BCUT2D eigenvalue weighted by Gasteiger charge is -2.28. The predicted molar refractivity (Wildman–Crippen MR) is 111 cm³/mol. The molecule has 0 radical (unpaired) electrons. The molecule has 0 atom stereocenters. The van der Waals surface area contributed by atoms with Crippen LogP contribution in [-0.4, -0.2) is 62.2 Å². The van der Waals surface area contributed by atoms with Crippen molar-refractivity contribution < 1.29 is 14.3 Å². The molecule has 2 aromatic carbocycles. The fraction of sp³-hybridized carbons (Fsp3) is 0.435. The number of morpholine rings is 1. The largest absolute Gasteiger partial charge is 0.497 e. The smallest absolute Gasteiger partial charge is 0.254 e. The molecule has 1 heterocycles. The molecule has 0 spiro atoms. The third-order valence-corrected chi connectivity index (χ3v) is 5.12. The molecular weight excluding hydrogens is 352 g/mol. The molecule has 2 aromatic rings. The molecule has 1 aliphatic heterocycles. The van der Waals surface area contributed by atoms with Gasteiger partial charge in [-0.2, -0.15) is 0 Å². The van der Waals surface area contributed by atoms with Crippen molar-refractivity contribution in [2.24, 2.45) is 0 Å². The van der Waals surface area contributed by atoms with Crippen molar-refractivity contribution in [3.8, 4) is 5.75 Å². The molecule has 150 valence electrons. The summed E-state index contributed by atoms with van der Waals surface area (Å²) in [5, 5.41) is 0. The van der Waals surface area contributed by atoms with Gasteiger partial charge in [0, 0.05) is 38.3 Å². The second kappa shape index (κ2) is 10.2. The molecule has 28 heavy (non-hydrogen) atoms. The Morgan fingerprint density at radius 2 is 1.75 bits per heavy atom. The van der Waals surface area contributed by atoms with Gasteiger partial charge in [-0.25, -0.2) is 0 Å². The number of ether oxygens (including phenoxy) is 2. The van der Waals surface area contributed by atoms with Crippen molar-refractivity contribution in [3.05, 3.63) is 65.2 Å². The van der Waals surface area contributed by atoms with E-state index in [2.05, 4.69) is 4.90 Å². The van der Waals surface area contributed by atoms with Crippen LogP contribution in [-0.2, 0) is 11.3 Å². The highest BCUT2D eigenvalue weighted by Crippen LogP contribution is 2.16. The number of amides is 1. The minimum absolute atomic E-state index is 0.0813. The SMILES string of the molecule is COc1ccc(CN(CCCN2CCOCC2)C(=O)c2ccc(C)cc2)cc1. The first-order valence-corrected chi connectivity index (χ1v) is 9.94. The van der Waals surface area contributed by atoms with Gasteiger partial charge >= 0.3 is 0 Å². The lowest BCUT2D eigenvalue weighted by atomic mass is 10.1. The highest BCUT2D eigenvalue weighted by molar-refractivity contribution is 5.94. The number of aryl methyl sites for hydroxylation is 1. The number of nitrogens with zero attached hydrogens (tertiary/aromatic N) is 2. The standard InChI is InChI=1S/C23H30N2O3/c1-19-4-8-21(9-5-19)23(26)25(13-3-12-24-14-16-28-17-15-24)18-20-6-10-22(27-2)11-7-20/h4-11H,3,12-18H2,1-2H3. The first kappa shape index (κ1) is 20.4. The molecule has 5 heteroatoms. The Bertz CT molecular complexity index is 737. The van der Waals surface area contributed by atoms with Gasteiger partial charge in [-0.1, -0.05) is 29.8 Å². The van der Waals surface area contributed by atoms with E-state index in [0.29, 0.717) is 6.54 Å². The molecule has 0 N–H and O–H groups in total. The lowest BCUT2D eigenvalue weighted by Crippen LogP contribution is -2.39. The fourth-order valence-electron chi connectivity index (χ4n) is 3.39. The maximum Gasteiger partial charge on any atom is 0.254 e. The summed E-state index contributed by atoms with van der Waals surface area (Å²) in [5.74, 6) is 0.908. The molecule has 3 rings (SSSR count). The summed E-state index contributed by atoms with van der Waals surface area (Å²) in [6.45, 7) is 7.91. The zero-order chi connectivity index (χ0) is 19.8. The topological polar surface area (TPSA) is 42.0 Å². The Hall–Kier alpha value is -2.37. The van der Waals surface area contributed by atoms with Crippen LogP contribution in [0.2, 0.25) is 0 Å². The van der Waals surface area contributed by atoms with Crippen LogP contribution in [0, 0.1) is 6.92 Å². The summed E-state index contributed by atoms with van der Waals surface area (Å²) < 4.78 is 10.7. The molecule has 0 bridgehead atoms. The van der Waals surface area contributed by atoms with Crippen molar-refractivity contribution >= 4 is 5.91 Å². The van der Waals surface area contributed by atoms with Crippen LogP contribution in [0.4, 0.5) is 0 Å². The molecule has 0 saturated carbocycles. The van der Waals surface area contributed by atoms with E-state index in [0.717, 1.165) is 68.3 Å². The number of carbonyl (C=O) groups excluding carboxylic acids is 1. The molecule has 0 unspecified atom stereocenters. The van der Waals surface area contributed by atoms with Gasteiger partial charge in [-0.15, -0.1) is 0 Å². The second-order valence-electron chi connectivity index (χ2n) is 7.25. The van der Waals surface area contributed by atoms with Gasteiger partial charge in [0.15, 0.2) is 0 Å². The monoisotopic (exact) mass is 382 g/mol. The van der Waals surface area contributed by atoms with E-state index in [1.54, 1.807) is 7.11 Å². The maximum atomic E-state index is 13.1. The van der Waals surface area contributed by atoms with Crippen molar-refractivity contribution in [3.63, 3.8) is 0 Å². The van der Waals surface area contributed by atoms with Gasteiger partial charge in [-0.05, 0) is 43.2 Å². The number of methoxy groups -OCH3 is 1. The highest BCUT2D eigenvalue weighted by atomic mass is 16.5. The predicted octanol–water partition coefficient (Wildman–Crippen LogP) is 3.37. The number of hydrogen-bond acceptors (Lipinski definition) is 4. The average molecular weight is 383 g/mol. The third kappa shape index (κ3) is 5.81. The summed E-state index contributed by atoms with van der Waals surface area (Å²) >= 11 is 0. The second-order valence-corrected chi connectivity index (χ2v) is 7.25. The lowest BCUT2D eigenvalue weighted by molar-refractivity contribution is 0.0355. The van der Waals surface area contributed by atoms with Crippen LogP contribution in [0.5, 0.6) is 5.75 Å². The van der Waals surface area contributed by atoms with Crippen molar-refractivity contribution in [2.75, 3.05) is 46.5 Å². The molecule has 1 aliphatic rings. The van der Waals surface area contributed by atoms with Crippen LogP contribution in [0.25, 0.3) is 0 Å². The van der Waals surface area contributed by atoms with Crippen molar-refractivity contribution in [2.45, 2.75) is 19.9 Å². The molecule has 0 aromatic heterocycles. The fourth-order valence-corrected chi connectivity index (χ4v) is 3.39. The molecule has 0 aliphatic carbocycles.